The first-order valence-electron chi connectivity index (χ1n) is 5.53. The van der Waals surface area contributed by atoms with E-state index in [1.54, 1.807) is 36.2 Å². The lowest BCUT2D eigenvalue weighted by Crippen LogP contribution is -2.33. The first-order chi connectivity index (χ1) is 8.63. The molecule has 0 radical (unpaired) electrons. The quantitative estimate of drug-likeness (QED) is 0.776. The largest absolute Gasteiger partial charge is 0.468 e. The zero-order chi connectivity index (χ0) is 13.5. The molecule has 1 rings (SSSR count). The highest BCUT2D eigenvalue weighted by atomic mass is 16.5. The average Bonchev–Trinajstić information content (AvgIpc) is 2.39. The summed E-state index contributed by atoms with van der Waals surface area (Å²) in [5.41, 5.74) is 1.16. The lowest BCUT2D eigenvalue weighted by Gasteiger charge is -2.25. The highest BCUT2D eigenvalue weighted by molar-refractivity contribution is 5.77. The Morgan fingerprint density at radius 3 is 2.89 bits per heavy atom. The number of hydrogen-bond donors (Lipinski definition) is 1. The molecule has 0 aromatic heterocycles. The Labute approximate surface area is 106 Å². The van der Waals surface area contributed by atoms with E-state index in [0.717, 1.165) is 0 Å². The summed E-state index contributed by atoms with van der Waals surface area (Å²) in [7, 11) is 3.03. The standard InChI is InChI=1S/C13H16N2O3/c1-15(6-7-16)12(13(17)18-2)11-5-3-4-10(8-11)9-14/h3-5,8,12,16H,6-7H2,1-2H3. The summed E-state index contributed by atoms with van der Waals surface area (Å²) < 4.78 is 4.76. The van der Waals surface area contributed by atoms with E-state index >= 15 is 0 Å². The molecule has 1 aromatic carbocycles. The molecular formula is C13H16N2O3. The van der Waals surface area contributed by atoms with Gasteiger partial charge >= 0.3 is 5.97 Å². The van der Waals surface area contributed by atoms with E-state index in [4.69, 9.17) is 15.1 Å². The van der Waals surface area contributed by atoms with Gasteiger partial charge in [0, 0.05) is 6.54 Å². The van der Waals surface area contributed by atoms with Crippen molar-refractivity contribution in [3.8, 4) is 6.07 Å². The van der Waals surface area contributed by atoms with Crippen molar-refractivity contribution < 1.29 is 14.6 Å². The third-order valence-electron chi connectivity index (χ3n) is 2.65. The molecule has 1 atom stereocenters. The Kier molecular flexibility index (Phi) is 5.31. The zero-order valence-corrected chi connectivity index (χ0v) is 10.5. The van der Waals surface area contributed by atoms with Crippen molar-refractivity contribution in [2.45, 2.75) is 6.04 Å². The van der Waals surface area contributed by atoms with Crippen molar-refractivity contribution in [1.29, 1.82) is 5.26 Å². The number of hydrogen-bond acceptors (Lipinski definition) is 5. The smallest absolute Gasteiger partial charge is 0.327 e. The summed E-state index contributed by atoms with van der Waals surface area (Å²) >= 11 is 0. The molecule has 0 bridgehead atoms. The van der Waals surface area contributed by atoms with E-state index in [1.807, 2.05) is 6.07 Å². The van der Waals surface area contributed by atoms with Crippen LogP contribution in [-0.4, -0.2) is 43.3 Å². The van der Waals surface area contributed by atoms with Gasteiger partial charge in [-0.3, -0.25) is 4.90 Å². The molecule has 96 valence electrons. The Bertz CT molecular complexity index is 454. The summed E-state index contributed by atoms with van der Waals surface area (Å²) in [6, 6.07) is 8.21. The minimum absolute atomic E-state index is 0.0536. The second-order valence-electron chi connectivity index (χ2n) is 3.87. The monoisotopic (exact) mass is 248 g/mol. The summed E-state index contributed by atoms with van der Waals surface area (Å²) in [5, 5.41) is 17.8. The number of aliphatic hydroxyl groups is 1. The normalized spacial score (nSPS) is 11.9. The number of rotatable bonds is 5. The Morgan fingerprint density at radius 1 is 1.61 bits per heavy atom. The molecule has 0 spiro atoms. The summed E-state index contributed by atoms with van der Waals surface area (Å²) in [6.07, 6.45) is 0. The number of nitriles is 1. The summed E-state index contributed by atoms with van der Waals surface area (Å²) in [6.45, 7) is 0.290. The number of likely N-dealkylation sites (N-methyl/N-ethyl adjacent to an activating group) is 1. The molecule has 1 aromatic rings. The van der Waals surface area contributed by atoms with Gasteiger partial charge in [-0.05, 0) is 24.7 Å². The van der Waals surface area contributed by atoms with Gasteiger partial charge in [-0.2, -0.15) is 5.26 Å². The highest BCUT2D eigenvalue weighted by Crippen LogP contribution is 2.21. The van der Waals surface area contributed by atoms with Crippen LogP contribution in [0.15, 0.2) is 24.3 Å². The number of esters is 1. The third-order valence-corrected chi connectivity index (χ3v) is 2.65. The fourth-order valence-electron chi connectivity index (χ4n) is 1.75. The lowest BCUT2D eigenvalue weighted by atomic mass is 10.0. The Hall–Kier alpha value is -1.90. The van der Waals surface area contributed by atoms with E-state index in [1.165, 1.54) is 7.11 Å². The van der Waals surface area contributed by atoms with Crippen molar-refractivity contribution in [3.05, 3.63) is 35.4 Å². The first-order valence-corrected chi connectivity index (χ1v) is 5.53. The van der Waals surface area contributed by atoms with Crippen LogP contribution in [0.5, 0.6) is 0 Å². The third kappa shape index (κ3) is 3.29. The van der Waals surface area contributed by atoms with Crippen LogP contribution in [0, 0.1) is 11.3 Å². The fourth-order valence-corrected chi connectivity index (χ4v) is 1.75. The fraction of sp³-hybridized carbons (Fsp3) is 0.385. The molecule has 0 fully saturated rings. The van der Waals surface area contributed by atoms with E-state index in [2.05, 4.69) is 0 Å². The Morgan fingerprint density at radius 2 is 2.33 bits per heavy atom. The van der Waals surface area contributed by atoms with Gasteiger partial charge in [0.15, 0.2) is 0 Å². The van der Waals surface area contributed by atoms with E-state index in [0.29, 0.717) is 17.7 Å². The molecule has 5 nitrogen and oxygen atoms in total. The molecule has 0 aliphatic rings. The van der Waals surface area contributed by atoms with E-state index < -0.39 is 12.0 Å². The second-order valence-corrected chi connectivity index (χ2v) is 3.87. The summed E-state index contributed by atoms with van der Waals surface area (Å²) in [5.74, 6) is -0.416. The van der Waals surface area contributed by atoms with Crippen LogP contribution >= 0.6 is 0 Å². The number of ether oxygens (including phenoxy) is 1. The van der Waals surface area contributed by atoms with Crippen molar-refractivity contribution >= 4 is 5.97 Å². The van der Waals surface area contributed by atoms with Gasteiger partial charge < -0.3 is 9.84 Å². The molecule has 0 amide bonds. The van der Waals surface area contributed by atoms with Crippen LogP contribution in [0.25, 0.3) is 0 Å². The molecule has 0 heterocycles. The van der Waals surface area contributed by atoms with E-state index in [-0.39, 0.29) is 6.61 Å². The minimum Gasteiger partial charge on any atom is -0.468 e. The van der Waals surface area contributed by atoms with Gasteiger partial charge in [-0.15, -0.1) is 0 Å². The van der Waals surface area contributed by atoms with Crippen LogP contribution in [0.4, 0.5) is 0 Å². The maximum Gasteiger partial charge on any atom is 0.327 e. The first kappa shape index (κ1) is 14.2. The van der Waals surface area contributed by atoms with Gasteiger partial charge in [0.05, 0.1) is 25.3 Å². The molecule has 0 saturated carbocycles. The number of methoxy groups -OCH3 is 1. The van der Waals surface area contributed by atoms with Crippen molar-refractivity contribution in [2.24, 2.45) is 0 Å². The molecule has 1 unspecified atom stereocenters. The van der Waals surface area contributed by atoms with Gasteiger partial charge in [0.2, 0.25) is 0 Å². The molecule has 1 N–H and O–H groups in total. The van der Waals surface area contributed by atoms with E-state index in [9.17, 15) is 4.79 Å². The van der Waals surface area contributed by atoms with Crippen LogP contribution in [0.3, 0.4) is 0 Å². The number of benzene rings is 1. The number of nitrogens with zero attached hydrogens (tertiary/aromatic N) is 2. The molecule has 5 heteroatoms. The van der Waals surface area contributed by atoms with Gasteiger partial charge in [0.1, 0.15) is 6.04 Å². The number of carbonyl (C=O) groups excluding carboxylic acids is 1. The predicted octanol–water partition coefficient (Wildman–Crippen LogP) is 0.696. The summed E-state index contributed by atoms with van der Waals surface area (Å²) in [4.78, 5) is 13.5. The molecule has 0 aliphatic heterocycles. The van der Waals surface area contributed by atoms with Crippen molar-refractivity contribution in [3.63, 3.8) is 0 Å². The minimum atomic E-state index is -0.615. The van der Waals surface area contributed by atoms with Crippen molar-refractivity contribution in [1.82, 2.24) is 4.90 Å². The second kappa shape index (κ2) is 6.74. The SMILES string of the molecule is COC(=O)C(c1cccc(C#N)c1)N(C)CCO. The van der Waals surface area contributed by atoms with Gasteiger partial charge in [0.25, 0.3) is 0 Å². The van der Waals surface area contributed by atoms with Crippen LogP contribution in [0.2, 0.25) is 0 Å². The van der Waals surface area contributed by atoms with Crippen molar-refractivity contribution in [2.75, 3.05) is 27.3 Å². The van der Waals surface area contributed by atoms with Crippen LogP contribution < -0.4 is 0 Å². The Balaban J connectivity index is 3.09. The molecule has 18 heavy (non-hydrogen) atoms. The molecular weight excluding hydrogens is 232 g/mol. The topological polar surface area (TPSA) is 73.6 Å². The van der Waals surface area contributed by atoms with Crippen LogP contribution in [-0.2, 0) is 9.53 Å². The lowest BCUT2D eigenvalue weighted by molar-refractivity contribution is -0.146. The molecule has 0 saturated heterocycles. The number of aliphatic hydroxyl groups excluding tert-OH is 1. The predicted molar refractivity (Wildman–Crippen MR) is 65.6 cm³/mol. The van der Waals surface area contributed by atoms with Crippen LogP contribution in [0.1, 0.15) is 17.2 Å². The van der Waals surface area contributed by atoms with Gasteiger partial charge in [-0.1, -0.05) is 12.1 Å². The highest BCUT2D eigenvalue weighted by Gasteiger charge is 2.25. The maximum absolute atomic E-state index is 11.8. The van der Waals surface area contributed by atoms with Gasteiger partial charge in [-0.25, -0.2) is 4.79 Å². The maximum atomic E-state index is 11.8. The molecule has 0 aliphatic carbocycles. The number of carbonyl (C=O) groups is 1. The zero-order valence-electron chi connectivity index (χ0n) is 10.5. The average molecular weight is 248 g/mol.